The molecule has 2 saturated heterocycles. The third kappa shape index (κ3) is 5.22. The minimum Gasteiger partial charge on any atom is -0.502 e. The highest BCUT2D eigenvalue weighted by molar-refractivity contribution is 6.13. The average molecular weight is 690 g/mol. The molecule has 0 bridgehead atoms. The normalized spacial score (nSPS) is 27.3. The Kier molecular flexibility index (Phi) is 8.31. The topological polar surface area (TPSA) is 125 Å². The molecule has 4 amide bonds. The lowest BCUT2D eigenvalue weighted by Gasteiger charge is -2.49. The van der Waals surface area contributed by atoms with Crippen LogP contribution in [0, 0.1) is 36.5 Å². The number of likely N-dealkylation sites (tertiary alicyclic amines) is 1. The molecule has 10 nitrogen and oxygen atoms in total. The molecule has 3 aromatic carbocycles. The maximum Gasteiger partial charge on any atom is 0.260 e. The van der Waals surface area contributed by atoms with Crippen LogP contribution in [0.2, 0.25) is 0 Å². The standard InChI is InChI=1S/C41H43N3O7/c1-23-12-15-26(16-13-23)42-44-37(47)31-22-29-27(17-18-28-34(29)38(48)43(36(28)46)40(2,3)4)30(41(31,39(44)49)25-10-8-7-9-11-25)19-14-24-20-32(50-5)35(45)33(21-24)51-6/h7-17,19-21,28-31,34,42,45H,18,22H2,1-6H3/t28-,29+,30-,31-,34-,41-/m0/s1. The van der Waals surface area contributed by atoms with Crippen molar-refractivity contribution in [2.75, 3.05) is 19.6 Å². The molecule has 4 aliphatic rings. The summed E-state index contributed by atoms with van der Waals surface area (Å²) in [5.41, 5.74) is 4.84. The molecule has 264 valence electrons. The van der Waals surface area contributed by atoms with Crippen LogP contribution < -0.4 is 14.9 Å². The Morgan fingerprint density at radius 2 is 1.53 bits per heavy atom. The van der Waals surface area contributed by atoms with Crippen molar-refractivity contribution in [2.24, 2.45) is 29.6 Å². The number of rotatable bonds is 7. The number of allylic oxidation sites excluding steroid dienone is 3. The Hall–Kier alpha value is -5.38. The van der Waals surface area contributed by atoms with Gasteiger partial charge in [-0.1, -0.05) is 71.8 Å². The Bertz CT molecular complexity index is 1950. The van der Waals surface area contributed by atoms with Gasteiger partial charge in [-0.2, -0.15) is 5.01 Å². The highest BCUT2D eigenvalue weighted by Gasteiger charge is 2.69. The van der Waals surface area contributed by atoms with E-state index < -0.39 is 46.5 Å². The SMILES string of the molecule is COc1cc(C=C[C@H]2C3=CC[C@@H]4C(=O)N(C(C)(C)C)C(=O)[C@@H]4[C@@H]3C[C@H]3C(=O)N(Nc4ccc(C)cc4)C(=O)[C@@]23c2ccccc2)cc(OC)c1O. The number of carbonyl (C=O) groups is 4. The quantitative estimate of drug-likeness (QED) is 0.227. The monoisotopic (exact) mass is 689 g/mol. The molecule has 6 atom stereocenters. The number of hydrogen-bond donors (Lipinski definition) is 2. The van der Waals surface area contributed by atoms with Gasteiger partial charge in [-0.3, -0.25) is 29.5 Å². The van der Waals surface area contributed by atoms with Crippen LogP contribution in [-0.4, -0.2) is 58.4 Å². The van der Waals surface area contributed by atoms with Gasteiger partial charge in [-0.15, -0.1) is 0 Å². The number of fused-ring (bicyclic) bond motifs is 4. The molecule has 0 spiro atoms. The molecule has 10 heteroatoms. The molecule has 0 aromatic heterocycles. The van der Waals surface area contributed by atoms with Crippen LogP contribution in [0.5, 0.6) is 17.2 Å². The number of aryl methyl sites for hydroxylation is 1. The first-order valence-electron chi connectivity index (χ1n) is 17.3. The van der Waals surface area contributed by atoms with E-state index in [4.69, 9.17) is 9.47 Å². The number of phenols is 1. The molecule has 2 aliphatic heterocycles. The summed E-state index contributed by atoms with van der Waals surface area (Å²) in [6.45, 7) is 7.53. The van der Waals surface area contributed by atoms with Gasteiger partial charge < -0.3 is 14.6 Å². The first-order chi connectivity index (χ1) is 24.3. The van der Waals surface area contributed by atoms with Crippen molar-refractivity contribution >= 4 is 35.4 Å². The van der Waals surface area contributed by atoms with Gasteiger partial charge in [0.05, 0.1) is 43.1 Å². The first kappa shape index (κ1) is 34.1. The smallest absolute Gasteiger partial charge is 0.260 e. The van der Waals surface area contributed by atoms with E-state index in [0.717, 1.165) is 16.1 Å². The van der Waals surface area contributed by atoms with Crippen molar-refractivity contribution in [1.29, 1.82) is 0 Å². The van der Waals surface area contributed by atoms with Gasteiger partial charge in [0.25, 0.3) is 11.8 Å². The summed E-state index contributed by atoms with van der Waals surface area (Å²) >= 11 is 0. The Balaban J connectivity index is 1.43. The Morgan fingerprint density at radius 1 is 0.882 bits per heavy atom. The van der Waals surface area contributed by atoms with Gasteiger partial charge in [-0.05, 0) is 81.8 Å². The maximum absolute atomic E-state index is 15.2. The van der Waals surface area contributed by atoms with Crippen molar-refractivity contribution in [1.82, 2.24) is 9.91 Å². The number of nitrogens with one attached hydrogen (secondary N) is 1. The number of amides is 4. The van der Waals surface area contributed by atoms with Crippen LogP contribution in [0.25, 0.3) is 6.08 Å². The fourth-order valence-corrected chi connectivity index (χ4v) is 8.87. The lowest BCUT2D eigenvalue weighted by atomic mass is 9.50. The van der Waals surface area contributed by atoms with Crippen molar-refractivity contribution in [2.45, 2.75) is 51.5 Å². The number of aromatic hydroxyl groups is 1. The fraction of sp³-hybridized carbons (Fsp3) is 0.366. The average Bonchev–Trinajstić information content (AvgIpc) is 3.50. The molecule has 2 N–H and O–H groups in total. The van der Waals surface area contributed by atoms with Gasteiger partial charge in [0.2, 0.25) is 17.6 Å². The summed E-state index contributed by atoms with van der Waals surface area (Å²) < 4.78 is 10.8. The molecule has 3 fully saturated rings. The summed E-state index contributed by atoms with van der Waals surface area (Å²) in [5, 5.41) is 11.7. The molecule has 0 unspecified atom stereocenters. The van der Waals surface area contributed by atoms with E-state index in [1.807, 2.05) is 101 Å². The number of phenolic OH excluding ortho intramolecular Hbond substituents is 1. The number of hydrogen-bond acceptors (Lipinski definition) is 8. The number of nitrogens with zero attached hydrogens (tertiary/aromatic N) is 2. The van der Waals surface area contributed by atoms with Gasteiger partial charge in [-0.25, -0.2) is 0 Å². The summed E-state index contributed by atoms with van der Waals surface area (Å²) in [5.74, 6) is -4.11. The van der Waals surface area contributed by atoms with Crippen molar-refractivity contribution in [3.8, 4) is 17.2 Å². The van der Waals surface area contributed by atoms with Gasteiger partial charge in [0, 0.05) is 11.5 Å². The van der Waals surface area contributed by atoms with Gasteiger partial charge in [0.15, 0.2) is 11.5 Å². The molecule has 0 radical (unpaired) electrons. The van der Waals surface area contributed by atoms with Crippen LogP contribution in [-0.2, 0) is 24.6 Å². The summed E-state index contributed by atoms with van der Waals surface area (Å²) in [4.78, 5) is 59.4. The molecule has 51 heavy (non-hydrogen) atoms. The first-order valence-corrected chi connectivity index (χ1v) is 17.3. The second kappa shape index (κ2) is 12.4. The van der Waals surface area contributed by atoms with Gasteiger partial charge in [0.1, 0.15) is 0 Å². The Labute approximate surface area is 297 Å². The second-order valence-electron chi connectivity index (χ2n) is 15.0. The third-order valence-corrected chi connectivity index (χ3v) is 11.1. The highest BCUT2D eigenvalue weighted by Crippen LogP contribution is 2.61. The number of benzene rings is 3. The van der Waals surface area contributed by atoms with Crippen molar-refractivity contribution < 1.29 is 33.8 Å². The number of hydrazine groups is 1. The van der Waals surface area contributed by atoms with Crippen LogP contribution in [0.15, 0.2) is 84.5 Å². The van der Waals surface area contributed by atoms with E-state index >= 15 is 4.79 Å². The highest BCUT2D eigenvalue weighted by atomic mass is 16.5. The van der Waals surface area contributed by atoms with E-state index in [1.54, 1.807) is 12.1 Å². The zero-order valence-electron chi connectivity index (χ0n) is 29.7. The van der Waals surface area contributed by atoms with Crippen LogP contribution in [0.1, 0.15) is 50.3 Å². The summed E-state index contributed by atoms with van der Waals surface area (Å²) in [6, 6.07) is 20.2. The third-order valence-electron chi connectivity index (χ3n) is 11.1. The van der Waals surface area contributed by atoms with Crippen molar-refractivity contribution in [3.05, 3.63) is 101 Å². The molecule has 2 aliphatic carbocycles. The van der Waals surface area contributed by atoms with E-state index in [2.05, 4.69) is 5.43 Å². The molecule has 3 aromatic rings. The predicted octanol–water partition coefficient (Wildman–Crippen LogP) is 6.05. The molecular weight excluding hydrogens is 646 g/mol. The zero-order chi connectivity index (χ0) is 36.4. The van der Waals surface area contributed by atoms with Crippen LogP contribution >= 0.6 is 0 Å². The molecular formula is C41H43N3O7. The lowest BCUT2D eigenvalue weighted by molar-refractivity contribution is -0.146. The van der Waals surface area contributed by atoms with E-state index in [-0.39, 0.29) is 41.4 Å². The second-order valence-corrected chi connectivity index (χ2v) is 15.0. The molecule has 7 rings (SSSR count). The van der Waals surface area contributed by atoms with E-state index in [0.29, 0.717) is 23.2 Å². The minimum atomic E-state index is -1.37. The van der Waals surface area contributed by atoms with Crippen molar-refractivity contribution in [3.63, 3.8) is 0 Å². The van der Waals surface area contributed by atoms with Crippen LogP contribution in [0.4, 0.5) is 5.69 Å². The number of carbonyl (C=O) groups excluding carboxylic acids is 4. The van der Waals surface area contributed by atoms with Gasteiger partial charge >= 0.3 is 0 Å². The lowest BCUT2D eigenvalue weighted by Crippen LogP contribution is -2.54. The predicted molar refractivity (Wildman–Crippen MR) is 191 cm³/mol. The number of anilines is 1. The summed E-state index contributed by atoms with van der Waals surface area (Å²) in [7, 11) is 2.90. The Morgan fingerprint density at radius 3 is 2.14 bits per heavy atom. The van der Waals surface area contributed by atoms with E-state index in [9.17, 15) is 19.5 Å². The number of ether oxygens (including phenoxy) is 2. The summed E-state index contributed by atoms with van der Waals surface area (Å²) in [6.07, 6.45) is 6.36. The maximum atomic E-state index is 15.2. The number of imide groups is 2. The molecule has 1 saturated carbocycles. The molecule has 2 heterocycles. The van der Waals surface area contributed by atoms with E-state index in [1.165, 1.54) is 19.1 Å². The number of methoxy groups -OCH3 is 2. The largest absolute Gasteiger partial charge is 0.502 e. The fourth-order valence-electron chi connectivity index (χ4n) is 8.87. The minimum absolute atomic E-state index is 0.140. The van der Waals surface area contributed by atoms with Crippen LogP contribution in [0.3, 0.4) is 0 Å². The zero-order valence-corrected chi connectivity index (χ0v) is 29.7.